The van der Waals surface area contributed by atoms with E-state index in [-0.39, 0.29) is 0 Å². The van der Waals surface area contributed by atoms with Gasteiger partial charge in [0.2, 0.25) is 0 Å². The van der Waals surface area contributed by atoms with Crippen molar-refractivity contribution in [3.05, 3.63) is 30.3 Å². The molecule has 1 aromatic carbocycles. The molecule has 88 valence electrons. The van der Waals surface area contributed by atoms with Crippen LogP contribution in [-0.2, 0) is 0 Å². The smallest absolute Gasteiger partial charge is 0.0539 e. The Kier molecular flexibility index (Phi) is 3.80. The van der Waals surface area contributed by atoms with Crippen LogP contribution in [0.15, 0.2) is 30.3 Å². The number of hydrogen-bond acceptors (Lipinski definition) is 3. The van der Waals surface area contributed by atoms with Gasteiger partial charge in [-0.2, -0.15) is 0 Å². The molecule has 0 aliphatic carbocycles. The Morgan fingerprint density at radius 3 is 2.69 bits per heavy atom. The highest BCUT2D eigenvalue weighted by Gasteiger charge is 2.21. The third-order valence-electron chi connectivity index (χ3n) is 3.26. The van der Waals surface area contributed by atoms with Gasteiger partial charge < -0.3 is 15.5 Å². The molecule has 1 aromatic rings. The van der Waals surface area contributed by atoms with Gasteiger partial charge in [0.25, 0.3) is 0 Å². The van der Waals surface area contributed by atoms with Crippen LogP contribution in [0.1, 0.15) is 6.42 Å². The molecule has 0 bridgehead atoms. The molecule has 3 heteroatoms. The van der Waals surface area contributed by atoms with Gasteiger partial charge in [-0.1, -0.05) is 18.2 Å². The standard InChI is InChI=1S/C13H21N3/c1-15-8-5-9-16(13(10-14)11-15)12-6-3-2-4-7-12/h2-4,6-7,13H,5,8-11,14H2,1H3. The lowest BCUT2D eigenvalue weighted by Crippen LogP contribution is -2.45. The highest BCUT2D eigenvalue weighted by Crippen LogP contribution is 2.19. The Bertz CT molecular complexity index is 312. The molecule has 1 fully saturated rings. The molecule has 2 N–H and O–H groups in total. The first kappa shape index (κ1) is 11.4. The highest BCUT2D eigenvalue weighted by atomic mass is 15.2. The van der Waals surface area contributed by atoms with Gasteiger partial charge in [0.15, 0.2) is 0 Å². The van der Waals surface area contributed by atoms with E-state index in [1.807, 2.05) is 0 Å². The molecule has 0 aromatic heterocycles. The lowest BCUT2D eigenvalue weighted by molar-refractivity contribution is 0.332. The lowest BCUT2D eigenvalue weighted by atomic mass is 10.2. The van der Waals surface area contributed by atoms with Gasteiger partial charge in [0, 0.05) is 25.3 Å². The molecule has 2 rings (SSSR count). The maximum atomic E-state index is 5.89. The Morgan fingerprint density at radius 1 is 1.25 bits per heavy atom. The van der Waals surface area contributed by atoms with Crippen LogP contribution in [0.3, 0.4) is 0 Å². The van der Waals surface area contributed by atoms with Gasteiger partial charge in [-0.25, -0.2) is 0 Å². The maximum Gasteiger partial charge on any atom is 0.0539 e. The topological polar surface area (TPSA) is 32.5 Å². The molecule has 0 spiro atoms. The summed E-state index contributed by atoms with van der Waals surface area (Å²) in [5.41, 5.74) is 7.19. The van der Waals surface area contributed by atoms with E-state index in [1.54, 1.807) is 0 Å². The third kappa shape index (κ3) is 2.54. The fraction of sp³-hybridized carbons (Fsp3) is 0.538. The van der Waals surface area contributed by atoms with Gasteiger partial charge in [-0.05, 0) is 32.1 Å². The number of likely N-dealkylation sites (N-methyl/N-ethyl adjacent to an activating group) is 1. The minimum absolute atomic E-state index is 0.440. The van der Waals surface area contributed by atoms with Crippen molar-refractivity contribution >= 4 is 5.69 Å². The van der Waals surface area contributed by atoms with Gasteiger partial charge in [0.05, 0.1) is 6.04 Å². The predicted octanol–water partition coefficient (Wildman–Crippen LogP) is 1.16. The summed E-state index contributed by atoms with van der Waals surface area (Å²) in [5, 5.41) is 0. The van der Waals surface area contributed by atoms with Gasteiger partial charge >= 0.3 is 0 Å². The predicted molar refractivity (Wildman–Crippen MR) is 68.7 cm³/mol. The Morgan fingerprint density at radius 2 is 2.00 bits per heavy atom. The molecule has 1 atom stereocenters. The lowest BCUT2D eigenvalue weighted by Gasteiger charge is -2.32. The molecule has 3 nitrogen and oxygen atoms in total. The van der Waals surface area contributed by atoms with E-state index in [1.165, 1.54) is 18.7 Å². The maximum absolute atomic E-state index is 5.89. The van der Waals surface area contributed by atoms with Crippen molar-refractivity contribution in [2.24, 2.45) is 5.73 Å². The third-order valence-corrected chi connectivity index (χ3v) is 3.26. The second kappa shape index (κ2) is 5.32. The van der Waals surface area contributed by atoms with E-state index >= 15 is 0 Å². The average molecular weight is 219 g/mol. The van der Waals surface area contributed by atoms with Crippen LogP contribution in [-0.4, -0.2) is 44.2 Å². The number of benzene rings is 1. The average Bonchev–Trinajstić information content (AvgIpc) is 2.51. The molecule has 0 saturated carbocycles. The second-order valence-corrected chi connectivity index (χ2v) is 4.53. The normalized spacial score (nSPS) is 23.1. The van der Waals surface area contributed by atoms with Crippen LogP contribution in [0, 0.1) is 0 Å². The fourth-order valence-electron chi connectivity index (χ4n) is 2.40. The molecule has 0 amide bonds. The van der Waals surface area contributed by atoms with Crippen molar-refractivity contribution in [2.75, 3.05) is 38.1 Å². The van der Waals surface area contributed by atoms with E-state index < -0.39 is 0 Å². The summed E-state index contributed by atoms with van der Waals surface area (Å²) < 4.78 is 0. The zero-order valence-electron chi connectivity index (χ0n) is 9.97. The Balaban J connectivity index is 2.17. The minimum atomic E-state index is 0.440. The SMILES string of the molecule is CN1CCCN(c2ccccc2)C(CN)C1. The van der Waals surface area contributed by atoms with Gasteiger partial charge in [-0.15, -0.1) is 0 Å². The number of hydrogen-bond donors (Lipinski definition) is 1. The summed E-state index contributed by atoms with van der Waals surface area (Å²) in [6, 6.07) is 11.0. The van der Waals surface area contributed by atoms with Crippen molar-refractivity contribution < 1.29 is 0 Å². The summed E-state index contributed by atoms with van der Waals surface area (Å²) in [4.78, 5) is 4.82. The van der Waals surface area contributed by atoms with E-state index in [9.17, 15) is 0 Å². The summed E-state index contributed by atoms with van der Waals surface area (Å²) in [5.74, 6) is 0. The number of anilines is 1. The largest absolute Gasteiger partial charge is 0.366 e. The van der Waals surface area contributed by atoms with Crippen molar-refractivity contribution in [3.8, 4) is 0 Å². The van der Waals surface area contributed by atoms with Gasteiger partial charge in [0.1, 0.15) is 0 Å². The van der Waals surface area contributed by atoms with Crippen LogP contribution in [0.2, 0.25) is 0 Å². The fourth-order valence-corrected chi connectivity index (χ4v) is 2.40. The molecule has 1 saturated heterocycles. The van der Waals surface area contributed by atoms with Crippen LogP contribution < -0.4 is 10.6 Å². The van der Waals surface area contributed by atoms with Crippen LogP contribution >= 0.6 is 0 Å². The van der Waals surface area contributed by atoms with Crippen molar-refractivity contribution in [3.63, 3.8) is 0 Å². The Hall–Kier alpha value is -1.06. The minimum Gasteiger partial charge on any atom is -0.366 e. The first-order chi connectivity index (χ1) is 7.81. The van der Waals surface area contributed by atoms with Crippen molar-refractivity contribution in [2.45, 2.75) is 12.5 Å². The number of rotatable bonds is 2. The van der Waals surface area contributed by atoms with Crippen molar-refractivity contribution in [1.29, 1.82) is 0 Å². The molecular weight excluding hydrogens is 198 g/mol. The highest BCUT2D eigenvalue weighted by molar-refractivity contribution is 5.47. The van der Waals surface area contributed by atoms with E-state index in [0.717, 1.165) is 19.6 Å². The summed E-state index contributed by atoms with van der Waals surface area (Å²) in [6.07, 6.45) is 1.21. The molecule has 0 radical (unpaired) electrons. The first-order valence-corrected chi connectivity index (χ1v) is 6.01. The number of para-hydroxylation sites is 1. The molecule has 1 aliphatic rings. The summed E-state index contributed by atoms with van der Waals surface area (Å²) in [6.45, 7) is 4.06. The molecule has 1 heterocycles. The summed E-state index contributed by atoms with van der Waals surface area (Å²) >= 11 is 0. The van der Waals surface area contributed by atoms with E-state index in [2.05, 4.69) is 47.2 Å². The molecule has 1 unspecified atom stereocenters. The molecular formula is C13H21N3. The second-order valence-electron chi connectivity index (χ2n) is 4.53. The molecule has 1 aliphatic heterocycles. The van der Waals surface area contributed by atoms with E-state index in [0.29, 0.717) is 6.04 Å². The Labute approximate surface area is 97.8 Å². The zero-order valence-corrected chi connectivity index (χ0v) is 9.97. The number of nitrogens with two attached hydrogens (primary N) is 1. The first-order valence-electron chi connectivity index (χ1n) is 6.01. The van der Waals surface area contributed by atoms with Crippen LogP contribution in [0.25, 0.3) is 0 Å². The van der Waals surface area contributed by atoms with Crippen LogP contribution in [0.5, 0.6) is 0 Å². The summed E-state index contributed by atoms with van der Waals surface area (Å²) in [7, 11) is 2.18. The van der Waals surface area contributed by atoms with E-state index in [4.69, 9.17) is 5.73 Å². The zero-order chi connectivity index (χ0) is 11.4. The number of nitrogens with zero attached hydrogens (tertiary/aromatic N) is 2. The van der Waals surface area contributed by atoms with Crippen LogP contribution in [0.4, 0.5) is 5.69 Å². The monoisotopic (exact) mass is 219 g/mol. The molecule has 16 heavy (non-hydrogen) atoms. The van der Waals surface area contributed by atoms with Crippen molar-refractivity contribution in [1.82, 2.24) is 4.90 Å². The van der Waals surface area contributed by atoms with Gasteiger partial charge in [-0.3, -0.25) is 0 Å². The quantitative estimate of drug-likeness (QED) is 0.810.